The van der Waals surface area contributed by atoms with Crippen molar-refractivity contribution in [3.63, 3.8) is 0 Å². The van der Waals surface area contributed by atoms with Crippen LogP contribution in [0.4, 0.5) is 13.2 Å². The van der Waals surface area contributed by atoms with Crippen LogP contribution in [-0.4, -0.2) is 15.7 Å². The van der Waals surface area contributed by atoms with Gasteiger partial charge < -0.3 is 5.32 Å². The molecule has 0 saturated carbocycles. The molecule has 4 nitrogen and oxygen atoms in total. The molecule has 0 bridgehead atoms. The van der Waals surface area contributed by atoms with Gasteiger partial charge in [-0.15, -0.1) is 0 Å². The monoisotopic (exact) mass is 413 g/mol. The molecule has 0 fully saturated rings. The Morgan fingerprint density at radius 1 is 1.03 bits per heavy atom. The molecule has 1 amide bonds. The Morgan fingerprint density at radius 3 is 2.37 bits per heavy atom. The van der Waals surface area contributed by atoms with Gasteiger partial charge in [0.1, 0.15) is 0 Å². The van der Waals surface area contributed by atoms with Gasteiger partial charge in [0.2, 0.25) is 0 Å². The molecule has 1 unspecified atom stereocenters. The molecule has 30 heavy (non-hydrogen) atoms. The number of carbonyl (C=O) groups is 1. The van der Waals surface area contributed by atoms with E-state index < -0.39 is 11.9 Å². The summed E-state index contributed by atoms with van der Waals surface area (Å²) in [5.41, 5.74) is 2.08. The third kappa shape index (κ3) is 3.97. The first-order chi connectivity index (χ1) is 14.3. The Morgan fingerprint density at radius 2 is 1.70 bits per heavy atom. The summed E-state index contributed by atoms with van der Waals surface area (Å²) in [5.74, 6) is -0.239. The average Bonchev–Trinajstić information content (AvgIpc) is 3.15. The van der Waals surface area contributed by atoms with E-state index >= 15 is 0 Å². The van der Waals surface area contributed by atoms with Crippen molar-refractivity contribution in [3.05, 3.63) is 82.7 Å². The molecule has 2 aromatic carbocycles. The molecule has 1 N–H and O–H groups in total. The Hall–Kier alpha value is -3.09. The van der Waals surface area contributed by atoms with Crippen LogP contribution in [0.25, 0.3) is 5.69 Å². The van der Waals surface area contributed by atoms with E-state index in [1.165, 1.54) is 4.68 Å². The molecule has 0 spiro atoms. The van der Waals surface area contributed by atoms with Crippen molar-refractivity contribution < 1.29 is 18.0 Å². The van der Waals surface area contributed by atoms with Crippen molar-refractivity contribution in [2.24, 2.45) is 0 Å². The van der Waals surface area contributed by atoms with E-state index in [1.807, 2.05) is 37.3 Å². The predicted octanol–water partition coefficient (Wildman–Crippen LogP) is 5.26. The van der Waals surface area contributed by atoms with Crippen LogP contribution in [0.5, 0.6) is 0 Å². The maximum absolute atomic E-state index is 13.4. The fraction of sp³-hybridized carbons (Fsp3) is 0.304. The van der Waals surface area contributed by atoms with E-state index in [2.05, 4.69) is 10.4 Å². The standard InChI is InChI=1S/C23H22F3N3O/c1-15(16-7-3-2-4-8-16)27-22(30)17-11-13-18(14-12-17)29-20-10-6-5-9-19(20)21(28-29)23(24,25)26/h2-4,7-8,11-15H,5-6,9-10H2,1H3,(H,27,30). The molecule has 4 rings (SSSR count). The minimum Gasteiger partial charge on any atom is -0.346 e. The molecular formula is C23H22F3N3O. The summed E-state index contributed by atoms with van der Waals surface area (Å²) in [6.45, 7) is 1.90. The van der Waals surface area contributed by atoms with Crippen LogP contribution in [0, 0.1) is 0 Å². The van der Waals surface area contributed by atoms with Gasteiger partial charge in [0.25, 0.3) is 5.91 Å². The van der Waals surface area contributed by atoms with Crippen molar-refractivity contribution in [3.8, 4) is 5.69 Å². The molecule has 156 valence electrons. The maximum atomic E-state index is 13.4. The first-order valence-corrected chi connectivity index (χ1v) is 9.99. The largest absolute Gasteiger partial charge is 0.435 e. The van der Waals surface area contributed by atoms with Crippen LogP contribution in [-0.2, 0) is 19.0 Å². The van der Waals surface area contributed by atoms with Crippen LogP contribution in [0.3, 0.4) is 0 Å². The van der Waals surface area contributed by atoms with Gasteiger partial charge in [-0.3, -0.25) is 4.79 Å². The number of hydrogen-bond donors (Lipinski definition) is 1. The molecule has 1 aliphatic rings. The summed E-state index contributed by atoms with van der Waals surface area (Å²) in [4.78, 5) is 12.6. The summed E-state index contributed by atoms with van der Waals surface area (Å²) in [6.07, 6.45) is -1.94. The number of benzene rings is 2. The van der Waals surface area contributed by atoms with Crippen molar-refractivity contribution in [1.29, 1.82) is 0 Å². The van der Waals surface area contributed by atoms with Gasteiger partial charge in [0, 0.05) is 16.8 Å². The van der Waals surface area contributed by atoms with Gasteiger partial charge in [0.15, 0.2) is 5.69 Å². The zero-order valence-corrected chi connectivity index (χ0v) is 16.5. The zero-order valence-electron chi connectivity index (χ0n) is 16.5. The fourth-order valence-corrected chi connectivity index (χ4v) is 3.90. The second-order valence-corrected chi connectivity index (χ2v) is 7.54. The highest BCUT2D eigenvalue weighted by molar-refractivity contribution is 5.94. The lowest BCUT2D eigenvalue weighted by Crippen LogP contribution is -2.26. The number of hydrogen-bond acceptors (Lipinski definition) is 2. The lowest BCUT2D eigenvalue weighted by Gasteiger charge is -2.16. The molecule has 3 aromatic rings. The summed E-state index contributed by atoms with van der Waals surface area (Å²) < 4.78 is 41.6. The quantitative estimate of drug-likeness (QED) is 0.634. The van der Waals surface area contributed by atoms with Crippen LogP contribution >= 0.6 is 0 Å². The van der Waals surface area contributed by atoms with Crippen LogP contribution in [0.1, 0.15) is 58.7 Å². The van der Waals surface area contributed by atoms with Crippen molar-refractivity contribution in [1.82, 2.24) is 15.1 Å². The van der Waals surface area contributed by atoms with E-state index in [9.17, 15) is 18.0 Å². The molecule has 1 aromatic heterocycles. The van der Waals surface area contributed by atoms with Crippen molar-refractivity contribution >= 4 is 5.91 Å². The number of nitrogens with zero attached hydrogens (tertiary/aromatic N) is 2. The Bertz CT molecular complexity index is 1040. The first-order valence-electron chi connectivity index (χ1n) is 9.99. The Kier molecular flexibility index (Phi) is 5.37. The van der Waals surface area contributed by atoms with Gasteiger partial charge in [-0.25, -0.2) is 4.68 Å². The number of aromatic nitrogens is 2. The first kappa shape index (κ1) is 20.2. The highest BCUT2D eigenvalue weighted by atomic mass is 19.4. The highest BCUT2D eigenvalue weighted by Crippen LogP contribution is 2.36. The van der Waals surface area contributed by atoms with Gasteiger partial charge in [-0.1, -0.05) is 30.3 Å². The molecular weight excluding hydrogens is 391 g/mol. The van der Waals surface area contributed by atoms with Gasteiger partial charge in [-0.2, -0.15) is 18.3 Å². The fourth-order valence-electron chi connectivity index (χ4n) is 3.90. The molecule has 0 aliphatic heterocycles. The molecule has 1 aliphatic carbocycles. The van der Waals surface area contributed by atoms with Crippen LogP contribution in [0.15, 0.2) is 54.6 Å². The number of alkyl halides is 3. The lowest BCUT2D eigenvalue weighted by molar-refractivity contribution is -0.142. The minimum absolute atomic E-state index is 0.161. The van der Waals surface area contributed by atoms with Gasteiger partial charge in [0.05, 0.1) is 11.7 Å². The Balaban J connectivity index is 1.57. The highest BCUT2D eigenvalue weighted by Gasteiger charge is 2.39. The zero-order chi connectivity index (χ0) is 21.3. The summed E-state index contributed by atoms with van der Waals surface area (Å²) in [7, 11) is 0. The maximum Gasteiger partial charge on any atom is 0.435 e. The van der Waals surface area contributed by atoms with Crippen molar-refractivity contribution in [2.45, 2.75) is 44.8 Å². The van der Waals surface area contributed by atoms with Gasteiger partial charge in [-0.05, 0) is 62.4 Å². The average molecular weight is 413 g/mol. The number of nitrogens with one attached hydrogen (secondary N) is 1. The minimum atomic E-state index is -4.47. The molecule has 0 radical (unpaired) electrons. The predicted molar refractivity (Wildman–Crippen MR) is 108 cm³/mol. The topological polar surface area (TPSA) is 46.9 Å². The summed E-state index contributed by atoms with van der Waals surface area (Å²) in [5, 5.41) is 6.82. The van der Waals surface area contributed by atoms with E-state index in [0.717, 1.165) is 18.4 Å². The number of fused-ring (bicyclic) bond motifs is 1. The molecule has 1 heterocycles. The molecule has 1 atom stereocenters. The van der Waals surface area contributed by atoms with E-state index in [0.29, 0.717) is 35.3 Å². The molecule has 7 heteroatoms. The third-order valence-corrected chi connectivity index (χ3v) is 5.47. The summed E-state index contributed by atoms with van der Waals surface area (Å²) in [6, 6.07) is 16.0. The Labute approximate surface area is 172 Å². The third-order valence-electron chi connectivity index (χ3n) is 5.47. The summed E-state index contributed by atoms with van der Waals surface area (Å²) >= 11 is 0. The van der Waals surface area contributed by atoms with Crippen LogP contribution < -0.4 is 5.32 Å². The van der Waals surface area contributed by atoms with Crippen molar-refractivity contribution in [2.75, 3.05) is 0 Å². The van der Waals surface area contributed by atoms with E-state index in [1.54, 1.807) is 24.3 Å². The smallest absolute Gasteiger partial charge is 0.346 e. The van der Waals surface area contributed by atoms with Gasteiger partial charge >= 0.3 is 6.18 Å². The lowest BCUT2D eigenvalue weighted by atomic mass is 9.95. The van der Waals surface area contributed by atoms with Crippen LogP contribution in [0.2, 0.25) is 0 Å². The van der Waals surface area contributed by atoms with E-state index in [4.69, 9.17) is 0 Å². The number of carbonyl (C=O) groups excluding carboxylic acids is 1. The van der Waals surface area contributed by atoms with E-state index in [-0.39, 0.29) is 11.9 Å². The number of amides is 1. The number of rotatable bonds is 4. The SMILES string of the molecule is CC(NC(=O)c1ccc(-n2nc(C(F)(F)F)c3c2CCCC3)cc1)c1ccccc1. The normalized spacial score (nSPS) is 14.8. The number of halogens is 3. The second kappa shape index (κ2) is 7.97. The molecule has 0 saturated heterocycles. The second-order valence-electron chi connectivity index (χ2n) is 7.54.